The summed E-state index contributed by atoms with van der Waals surface area (Å²) < 4.78 is 11.7. The van der Waals surface area contributed by atoms with Gasteiger partial charge in [-0.05, 0) is 54.5 Å². The van der Waals surface area contributed by atoms with Crippen molar-refractivity contribution in [2.45, 2.75) is 57.8 Å². The van der Waals surface area contributed by atoms with E-state index in [0.717, 1.165) is 55.1 Å². The van der Waals surface area contributed by atoms with Crippen molar-refractivity contribution in [2.24, 2.45) is 0 Å². The molecule has 1 fully saturated rings. The summed E-state index contributed by atoms with van der Waals surface area (Å²) in [5, 5.41) is 0. The zero-order valence-electron chi connectivity index (χ0n) is 18.8. The fraction of sp³-hybridized carbons (Fsp3) is 0.462. The van der Waals surface area contributed by atoms with Crippen molar-refractivity contribution in [2.75, 3.05) is 19.7 Å². The number of carbonyl (C=O) groups excluding carboxylic acids is 1. The standard InChI is InChI=1S/C26H32N2O3/c1-26(2,3)20-10-12-21(13-11-20)30-18-6-9-24(29)28-16-14-19(15-17-28)25-27-22-7-4-5-8-23(22)31-25/h4-5,7-8,10-13,19H,6,9,14-18H2,1-3H3. The van der Waals surface area contributed by atoms with Gasteiger partial charge in [-0.3, -0.25) is 4.79 Å². The predicted octanol–water partition coefficient (Wildman–Crippen LogP) is 5.69. The minimum Gasteiger partial charge on any atom is -0.494 e. The highest BCUT2D eigenvalue weighted by molar-refractivity contribution is 5.76. The van der Waals surface area contributed by atoms with Crippen LogP contribution in [0.4, 0.5) is 0 Å². The average molecular weight is 421 g/mol. The number of rotatable bonds is 6. The van der Waals surface area contributed by atoms with E-state index < -0.39 is 0 Å². The quantitative estimate of drug-likeness (QED) is 0.481. The number of benzene rings is 2. The highest BCUT2D eigenvalue weighted by Gasteiger charge is 2.26. The molecule has 4 rings (SSSR count). The predicted molar refractivity (Wildman–Crippen MR) is 122 cm³/mol. The second kappa shape index (κ2) is 9.13. The third-order valence-electron chi connectivity index (χ3n) is 6.03. The van der Waals surface area contributed by atoms with Gasteiger partial charge in [-0.25, -0.2) is 4.98 Å². The molecule has 31 heavy (non-hydrogen) atoms. The van der Waals surface area contributed by atoms with Gasteiger partial charge in [-0.2, -0.15) is 0 Å². The number of carbonyl (C=O) groups is 1. The number of nitrogens with zero attached hydrogens (tertiary/aromatic N) is 2. The van der Waals surface area contributed by atoms with E-state index in [4.69, 9.17) is 9.15 Å². The average Bonchev–Trinajstić information content (AvgIpc) is 3.21. The molecule has 3 aromatic rings. The Hall–Kier alpha value is -2.82. The van der Waals surface area contributed by atoms with Crippen LogP contribution >= 0.6 is 0 Å². The van der Waals surface area contributed by atoms with Crippen molar-refractivity contribution in [1.82, 2.24) is 9.88 Å². The van der Waals surface area contributed by atoms with Crippen LogP contribution in [0.1, 0.15) is 63.8 Å². The number of aromatic nitrogens is 1. The third kappa shape index (κ3) is 5.27. The van der Waals surface area contributed by atoms with Crippen molar-refractivity contribution >= 4 is 17.0 Å². The lowest BCUT2D eigenvalue weighted by molar-refractivity contribution is -0.132. The maximum absolute atomic E-state index is 12.6. The van der Waals surface area contributed by atoms with Gasteiger partial charge < -0.3 is 14.1 Å². The molecule has 0 aliphatic carbocycles. The topological polar surface area (TPSA) is 55.6 Å². The number of ether oxygens (including phenoxy) is 1. The summed E-state index contributed by atoms with van der Waals surface area (Å²) in [5.41, 5.74) is 3.17. The fourth-order valence-electron chi connectivity index (χ4n) is 4.06. The summed E-state index contributed by atoms with van der Waals surface area (Å²) in [5.74, 6) is 2.16. The highest BCUT2D eigenvalue weighted by Crippen LogP contribution is 2.30. The molecule has 0 spiro atoms. The van der Waals surface area contributed by atoms with Crippen LogP contribution in [0.2, 0.25) is 0 Å². The van der Waals surface area contributed by atoms with Gasteiger partial charge in [-0.1, -0.05) is 45.0 Å². The minimum absolute atomic E-state index is 0.138. The number of hydrogen-bond acceptors (Lipinski definition) is 4. The van der Waals surface area contributed by atoms with E-state index >= 15 is 0 Å². The Morgan fingerprint density at radius 2 is 1.81 bits per heavy atom. The molecule has 2 aromatic carbocycles. The van der Waals surface area contributed by atoms with Crippen molar-refractivity contribution in [3.05, 3.63) is 60.0 Å². The number of likely N-dealkylation sites (tertiary alicyclic amines) is 1. The first-order valence-electron chi connectivity index (χ1n) is 11.3. The van der Waals surface area contributed by atoms with Crippen molar-refractivity contribution < 1.29 is 13.9 Å². The molecule has 0 unspecified atom stereocenters. The van der Waals surface area contributed by atoms with E-state index in [1.54, 1.807) is 0 Å². The molecule has 0 bridgehead atoms. The molecule has 0 N–H and O–H groups in total. The Morgan fingerprint density at radius 3 is 2.48 bits per heavy atom. The third-order valence-corrected chi connectivity index (χ3v) is 6.03. The van der Waals surface area contributed by atoms with Crippen LogP contribution in [-0.4, -0.2) is 35.5 Å². The molecule has 1 aliphatic heterocycles. The van der Waals surface area contributed by atoms with E-state index in [0.29, 0.717) is 13.0 Å². The maximum atomic E-state index is 12.6. The van der Waals surface area contributed by atoms with Crippen LogP contribution < -0.4 is 4.74 Å². The molecule has 1 saturated heterocycles. The summed E-state index contributed by atoms with van der Waals surface area (Å²) in [6.45, 7) is 8.67. The number of fused-ring (bicyclic) bond motifs is 1. The Labute approximate surface area is 184 Å². The largest absolute Gasteiger partial charge is 0.494 e. The molecular formula is C26H32N2O3. The van der Waals surface area contributed by atoms with E-state index in [1.807, 2.05) is 41.3 Å². The van der Waals surface area contributed by atoms with Gasteiger partial charge >= 0.3 is 0 Å². The van der Waals surface area contributed by atoms with Crippen LogP contribution in [0.15, 0.2) is 52.9 Å². The van der Waals surface area contributed by atoms with Gasteiger partial charge in [0, 0.05) is 25.4 Å². The van der Waals surface area contributed by atoms with Gasteiger partial charge in [0.2, 0.25) is 5.91 Å². The molecule has 164 valence electrons. The highest BCUT2D eigenvalue weighted by atomic mass is 16.5. The smallest absolute Gasteiger partial charge is 0.222 e. The SMILES string of the molecule is CC(C)(C)c1ccc(OCCCC(=O)N2CCC(c3nc4ccccc4o3)CC2)cc1. The summed E-state index contributed by atoms with van der Waals surface area (Å²) in [4.78, 5) is 19.2. The summed E-state index contributed by atoms with van der Waals surface area (Å²) in [6.07, 6.45) is 3.04. The molecule has 1 aromatic heterocycles. The van der Waals surface area contributed by atoms with Gasteiger partial charge in [0.1, 0.15) is 11.3 Å². The van der Waals surface area contributed by atoms with Crippen LogP contribution in [0.25, 0.3) is 11.1 Å². The first-order chi connectivity index (χ1) is 14.9. The van der Waals surface area contributed by atoms with Crippen molar-refractivity contribution in [3.63, 3.8) is 0 Å². The van der Waals surface area contributed by atoms with Gasteiger partial charge in [0.05, 0.1) is 6.61 Å². The van der Waals surface area contributed by atoms with Crippen molar-refractivity contribution in [3.8, 4) is 5.75 Å². The monoisotopic (exact) mass is 420 g/mol. The van der Waals surface area contributed by atoms with Gasteiger partial charge in [-0.15, -0.1) is 0 Å². The molecular weight excluding hydrogens is 388 g/mol. The molecule has 0 atom stereocenters. The number of hydrogen-bond donors (Lipinski definition) is 0. The van der Waals surface area contributed by atoms with E-state index in [9.17, 15) is 4.79 Å². The Morgan fingerprint density at radius 1 is 1.10 bits per heavy atom. The Bertz CT molecular complexity index is 976. The lowest BCUT2D eigenvalue weighted by atomic mass is 9.87. The molecule has 5 nitrogen and oxygen atoms in total. The second-order valence-electron chi connectivity index (χ2n) is 9.40. The zero-order chi connectivity index (χ0) is 21.8. The lowest BCUT2D eigenvalue weighted by Gasteiger charge is -2.30. The number of para-hydroxylation sites is 2. The van der Waals surface area contributed by atoms with Crippen LogP contribution in [0.3, 0.4) is 0 Å². The molecule has 2 heterocycles. The fourth-order valence-corrected chi connectivity index (χ4v) is 4.06. The first-order valence-corrected chi connectivity index (χ1v) is 11.3. The van der Waals surface area contributed by atoms with E-state index in [1.165, 1.54) is 5.56 Å². The maximum Gasteiger partial charge on any atom is 0.222 e. The first kappa shape index (κ1) is 21.4. The lowest BCUT2D eigenvalue weighted by Crippen LogP contribution is -2.38. The normalized spacial score (nSPS) is 15.4. The molecule has 1 amide bonds. The van der Waals surface area contributed by atoms with Crippen molar-refractivity contribution in [1.29, 1.82) is 0 Å². The van der Waals surface area contributed by atoms with Gasteiger partial charge in [0.25, 0.3) is 0 Å². The Kier molecular flexibility index (Phi) is 6.30. The molecule has 0 saturated carbocycles. The van der Waals surface area contributed by atoms with E-state index in [-0.39, 0.29) is 17.2 Å². The van der Waals surface area contributed by atoms with Crippen LogP contribution in [0.5, 0.6) is 5.75 Å². The number of piperidine rings is 1. The van der Waals surface area contributed by atoms with Crippen LogP contribution in [0, 0.1) is 0 Å². The molecule has 5 heteroatoms. The van der Waals surface area contributed by atoms with Crippen LogP contribution in [-0.2, 0) is 10.2 Å². The summed E-state index contributed by atoms with van der Waals surface area (Å²) >= 11 is 0. The Balaban J connectivity index is 1.19. The summed E-state index contributed by atoms with van der Waals surface area (Å²) in [6, 6.07) is 16.1. The molecule has 1 aliphatic rings. The molecule has 0 radical (unpaired) electrons. The summed E-state index contributed by atoms with van der Waals surface area (Å²) in [7, 11) is 0. The number of oxazole rings is 1. The second-order valence-corrected chi connectivity index (χ2v) is 9.40. The zero-order valence-corrected chi connectivity index (χ0v) is 18.8. The number of amides is 1. The minimum atomic E-state index is 0.138. The van der Waals surface area contributed by atoms with E-state index in [2.05, 4.69) is 37.9 Å². The van der Waals surface area contributed by atoms with Gasteiger partial charge in [0.15, 0.2) is 11.5 Å².